The molecule has 0 aliphatic rings. The maximum absolute atomic E-state index is 3.38. The maximum atomic E-state index is 3.38. The molecule has 1 heteroatoms. The third kappa shape index (κ3) is 3.00. The predicted octanol–water partition coefficient (Wildman–Crippen LogP) is 4.22. The fourth-order valence-electron chi connectivity index (χ4n) is 1.36. The first-order chi connectivity index (χ1) is 6.25. The summed E-state index contributed by atoms with van der Waals surface area (Å²) in [5.41, 5.74) is 2.75. The molecule has 1 aromatic rings. The van der Waals surface area contributed by atoms with E-state index in [2.05, 4.69) is 66.2 Å². The van der Waals surface area contributed by atoms with Crippen LogP contribution in [-0.2, 0) is 0 Å². The van der Waals surface area contributed by atoms with Crippen molar-refractivity contribution in [2.75, 3.05) is 5.33 Å². The number of allylic oxidation sites excluding steroid dienone is 1. The molecule has 0 aromatic heterocycles. The van der Waals surface area contributed by atoms with Gasteiger partial charge in [-0.3, -0.25) is 0 Å². The van der Waals surface area contributed by atoms with Crippen molar-refractivity contribution in [1.82, 2.24) is 0 Å². The van der Waals surface area contributed by atoms with Crippen molar-refractivity contribution in [2.24, 2.45) is 0 Å². The monoisotopic (exact) mass is 238 g/mol. The lowest BCUT2D eigenvalue weighted by molar-refractivity contribution is 0.864. The van der Waals surface area contributed by atoms with Crippen molar-refractivity contribution < 1.29 is 0 Å². The first kappa shape index (κ1) is 10.5. The van der Waals surface area contributed by atoms with Crippen LogP contribution in [0.25, 0.3) is 6.08 Å². The Labute approximate surface area is 88.8 Å². The lowest BCUT2D eigenvalue weighted by atomic mass is 9.97. The molecule has 0 amide bonds. The second-order valence-corrected chi connectivity index (χ2v) is 3.99. The van der Waals surface area contributed by atoms with Gasteiger partial charge < -0.3 is 0 Å². The lowest BCUT2D eigenvalue weighted by Crippen LogP contribution is -1.90. The number of benzene rings is 1. The molecule has 1 rings (SSSR count). The van der Waals surface area contributed by atoms with Gasteiger partial charge in [0.1, 0.15) is 0 Å². The molecule has 1 aromatic carbocycles. The average Bonchev–Trinajstić information content (AvgIpc) is 2.15. The summed E-state index contributed by atoms with van der Waals surface area (Å²) in [4.78, 5) is 0. The summed E-state index contributed by atoms with van der Waals surface area (Å²) in [6, 6.07) is 8.54. The average molecular weight is 239 g/mol. The molecule has 0 saturated carbocycles. The number of hydrogen-bond donors (Lipinski definition) is 0. The third-order valence-electron chi connectivity index (χ3n) is 2.00. The van der Waals surface area contributed by atoms with Crippen LogP contribution in [0.4, 0.5) is 0 Å². The van der Waals surface area contributed by atoms with Crippen LogP contribution in [0.1, 0.15) is 30.9 Å². The smallest absolute Gasteiger partial charge is 0.0215 e. The molecule has 13 heavy (non-hydrogen) atoms. The molecule has 0 heterocycles. The van der Waals surface area contributed by atoms with E-state index in [9.17, 15) is 0 Å². The van der Waals surface area contributed by atoms with Crippen LogP contribution in [0.3, 0.4) is 0 Å². The molecule has 0 radical (unpaired) electrons. The molecule has 0 nitrogen and oxygen atoms in total. The van der Waals surface area contributed by atoms with Crippen molar-refractivity contribution in [3.05, 3.63) is 41.5 Å². The van der Waals surface area contributed by atoms with Crippen molar-refractivity contribution in [3.63, 3.8) is 0 Å². The lowest BCUT2D eigenvalue weighted by Gasteiger charge is -2.08. The highest BCUT2D eigenvalue weighted by Crippen LogP contribution is 2.20. The topological polar surface area (TPSA) is 0 Å². The second-order valence-electron chi connectivity index (χ2n) is 3.34. The molecular formula is C12H15Br. The van der Waals surface area contributed by atoms with E-state index in [0.717, 1.165) is 5.33 Å². The van der Waals surface area contributed by atoms with E-state index in [1.54, 1.807) is 0 Å². The predicted molar refractivity (Wildman–Crippen MR) is 63.4 cm³/mol. The van der Waals surface area contributed by atoms with E-state index in [0.29, 0.717) is 5.92 Å². The van der Waals surface area contributed by atoms with Gasteiger partial charge in [-0.25, -0.2) is 0 Å². The van der Waals surface area contributed by atoms with E-state index in [-0.39, 0.29) is 0 Å². The van der Waals surface area contributed by atoms with Gasteiger partial charge in [-0.2, -0.15) is 0 Å². The Morgan fingerprint density at radius 1 is 1.31 bits per heavy atom. The highest BCUT2D eigenvalue weighted by molar-refractivity contribution is 9.09. The molecule has 0 unspecified atom stereocenters. The van der Waals surface area contributed by atoms with Gasteiger partial charge in [0.25, 0.3) is 0 Å². The zero-order valence-corrected chi connectivity index (χ0v) is 9.71. The van der Waals surface area contributed by atoms with Crippen LogP contribution in [0.2, 0.25) is 0 Å². The summed E-state index contributed by atoms with van der Waals surface area (Å²) in [7, 11) is 0. The Morgan fingerprint density at radius 3 is 2.62 bits per heavy atom. The first-order valence-electron chi connectivity index (χ1n) is 4.57. The zero-order chi connectivity index (χ0) is 9.68. The van der Waals surface area contributed by atoms with Crippen molar-refractivity contribution in [2.45, 2.75) is 19.8 Å². The Balaban J connectivity index is 2.97. The van der Waals surface area contributed by atoms with Gasteiger partial charge in [0.05, 0.1) is 0 Å². The molecule has 0 spiro atoms. The SMILES string of the molecule is CC(C)c1ccccc1C=CCBr. The summed E-state index contributed by atoms with van der Waals surface area (Å²) >= 11 is 3.38. The van der Waals surface area contributed by atoms with E-state index >= 15 is 0 Å². The second kappa shape index (κ2) is 5.23. The van der Waals surface area contributed by atoms with Crippen molar-refractivity contribution in [1.29, 1.82) is 0 Å². The molecule has 70 valence electrons. The molecule has 0 bridgehead atoms. The van der Waals surface area contributed by atoms with E-state index in [1.165, 1.54) is 11.1 Å². The van der Waals surface area contributed by atoms with Gasteiger partial charge >= 0.3 is 0 Å². The van der Waals surface area contributed by atoms with Gasteiger partial charge in [-0.05, 0) is 17.0 Å². The summed E-state index contributed by atoms with van der Waals surface area (Å²) < 4.78 is 0. The largest absolute Gasteiger partial charge is 0.0883 e. The van der Waals surface area contributed by atoms with Gasteiger partial charge in [0, 0.05) is 5.33 Å². The minimum Gasteiger partial charge on any atom is -0.0883 e. The minimum atomic E-state index is 0.594. The van der Waals surface area contributed by atoms with Crippen molar-refractivity contribution >= 4 is 22.0 Å². The molecule has 0 aliphatic carbocycles. The molecule has 0 aliphatic heterocycles. The van der Waals surface area contributed by atoms with Crippen LogP contribution >= 0.6 is 15.9 Å². The molecular weight excluding hydrogens is 224 g/mol. The van der Waals surface area contributed by atoms with Gasteiger partial charge in [0.2, 0.25) is 0 Å². The van der Waals surface area contributed by atoms with Gasteiger partial charge in [0.15, 0.2) is 0 Å². The van der Waals surface area contributed by atoms with Crippen LogP contribution in [-0.4, -0.2) is 5.33 Å². The summed E-state index contributed by atoms with van der Waals surface area (Å²) in [5, 5.41) is 0.916. The molecule has 0 fully saturated rings. The Bertz CT molecular complexity index is 287. The standard InChI is InChI=1S/C12H15Br/c1-10(2)12-8-4-3-6-11(12)7-5-9-13/h3-8,10H,9H2,1-2H3. The summed E-state index contributed by atoms with van der Waals surface area (Å²) in [5.74, 6) is 0.594. The summed E-state index contributed by atoms with van der Waals surface area (Å²) in [6.07, 6.45) is 4.30. The maximum Gasteiger partial charge on any atom is 0.0215 e. The van der Waals surface area contributed by atoms with Crippen LogP contribution < -0.4 is 0 Å². The number of hydrogen-bond acceptors (Lipinski definition) is 0. The van der Waals surface area contributed by atoms with E-state index in [4.69, 9.17) is 0 Å². The fraction of sp³-hybridized carbons (Fsp3) is 0.333. The number of halogens is 1. The van der Waals surface area contributed by atoms with Crippen LogP contribution in [0, 0.1) is 0 Å². The number of rotatable bonds is 3. The quantitative estimate of drug-likeness (QED) is 0.693. The highest BCUT2D eigenvalue weighted by atomic mass is 79.9. The first-order valence-corrected chi connectivity index (χ1v) is 5.69. The number of alkyl halides is 1. The van der Waals surface area contributed by atoms with Crippen LogP contribution in [0.15, 0.2) is 30.3 Å². The molecule has 0 atom stereocenters. The molecule has 0 saturated heterocycles. The van der Waals surface area contributed by atoms with Crippen LogP contribution in [0.5, 0.6) is 0 Å². The summed E-state index contributed by atoms with van der Waals surface area (Å²) in [6.45, 7) is 4.45. The Kier molecular flexibility index (Phi) is 4.23. The Hall–Kier alpha value is -0.560. The normalized spacial score (nSPS) is 11.4. The highest BCUT2D eigenvalue weighted by Gasteiger charge is 2.01. The fourth-order valence-corrected chi connectivity index (χ4v) is 1.55. The molecule has 0 N–H and O–H groups in total. The Morgan fingerprint density at radius 2 is 2.00 bits per heavy atom. The van der Waals surface area contributed by atoms with E-state index in [1.807, 2.05) is 0 Å². The van der Waals surface area contributed by atoms with E-state index < -0.39 is 0 Å². The minimum absolute atomic E-state index is 0.594. The third-order valence-corrected chi connectivity index (χ3v) is 2.38. The van der Waals surface area contributed by atoms with Gasteiger partial charge in [-0.15, -0.1) is 0 Å². The van der Waals surface area contributed by atoms with Gasteiger partial charge in [-0.1, -0.05) is 66.2 Å². The van der Waals surface area contributed by atoms with Crippen molar-refractivity contribution in [3.8, 4) is 0 Å². The zero-order valence-electron chi connectivity index (χ0n) is 8.13.